The highest BCUT2D eigenvalue weighted by Gasteiger charge is 2.23. The number of rotatable bonds is 2. The Morgan fingerprint density at radius 1 is 1.71 bits per heavy atom. The molecule has 1 heterocycles. The van der Waals surface area contributed by atoms with Crippen molar-refractivity contribution >= 4 is 25.3 Å². The van der Waals surface area contributed by atoms with Gasteiger partial charge in [0.05, 0.1) is 12.7 Å². The molecule has 1 nitrogen and oxygen atoms in total. The van der Waals surface area contributed by atoms with Gasteiger partial charge in [0, 0.05) is 4.58 Å². The van der Waals surface area contributed by atoms with E-state index in [1.54, 1.807) is 0 Å². The number of hydrogen-bond acceptors (Lipinski definition) is 3. The minimum absolute atomic E-state index is 0.201. The molecule has 0 N–H and O–H groups in total. The van der Waals surface area contributed by atoms with Crippen LogP contribution in [0.2, 0.25) is 0 Å². The van der Waals surface area contributed by atoms with Crippen LogP contribution in [0, 0.1) is 0 Å². The van der Waals surface area contributed by atoms with Crippen molar-refractivity contribution < 1.29 is 4.74 Å². The van der Waals surface area contributed by atoms with E-state index in [0.717, 1.165) is 13.0 Å². The summed E-state index contributed by atoms with van der Waals surface area (Å²) in [7, 11) is 0. The Morgan fingerprint density at radius 3 is 2.43 bits per heavy atom. The smallest absolute Gasteiger partial charge is 0.0828 e. The molecule has 1 rings (SSSR count). The molecule has 1 aliphatic rings. The van der Waals surface area contributed by atoms with E-state index in [0.29, 0.717) is 6.10 Å². The highest BCUT2D eigenvalue weighted by atomic mass is 32.2. The maximum absolute atomic E-state index is 4.92. The third-order valence-corrected chi connectivity index (χ3v) is 1.30. The molecule has 1 unspecified atom stereocenters. The van der Waals surface area contributed by atoms with Crippen molar-refractivity contribution in [2.24, 2.45) is 0 Å². The Morgan fingerprint density at radius 2 is 2.29 bits per heavy atom. The van der Waals surface area contributed by atoms with Gasteiger partial charge in [0.15, 0.2) is 0 Å². The van der Waals surface area contributed by atoms with Crippen molar-refractivity contribution in [1.29, 1.82) is 0 Å². The fourth-order valence-corrected chi connectivity index (χ4v) is 0.910. The molecule has 0 amide bonds. The zero-order valence-electron chi connectivity index (χ0n) is 3.87. The number of thiol groups is 2. The van der Waals surface area contributed by atoms with E-state index in [1.807, 2.05) is 0 Å². The van der Waals surface area contributed by atoms with Crippen LogP contribution in [0.3, 0.4) is 0 Å². The lowest BCUT2D eigenvalue weighted by Gasteiger charge is -1.94. The summed E-state index contributed by atoms with van der Waals surface area (Å²) in [6.45, 7) is 0.914. The SMILES string of the molecule is SC(S)CC1CO1. The summed E-state index contributed by atoms with van der Waals surface area (Å²) < 4.78 is 5.12. The Labute approximate surface area is 54.3 Å². The first-order valence-corrected chi connectivity index (χ1v) is 3.30. The van der Waals surface area contributed by atoms with Gasteiger partial charge in [0.25, 0.3) is 0 Å². The minimum Gasteiger partial charge on any atom is -0.373 e. The van der Waals surface area contributed by atoms with Crippen molar-refractivity contribution in [2.45, 2.75) is 17.1 Å². The molecule has 0 aromatic carbocycles. The van der Waals surface area contributed by atoms with Crippen molar-refractivity contribution in [3.8, 4) is 0 Å². The van der Waals surface area contributed by atoms with Gasteiger partial charge in [-0.2, -0.15) is 25.3 Å². The van der Waals surface area contributed by atoms with E-state index >= 15 is 0 Å². The van der Waals surface area contributed by atoms with Gasteiger partial charge >= 0.3 is 0 Å². The van der Waals surface area contributed by atoms with Crippen molar-refractivity contribution in [3.63, 3.8) is 0 Å². The van der Waals surface area contributed by atoms with E-state index in [1.165, 1.54) is 0 Å². The van der Waals surface area contributed by atoms with E-state index in [2.05, 4.69) is 25.3 Å². The number of ether oxygens (including phenoxy) is 1. The topological polar surface area (TPSA) is 12.5 Å². The summed E-state index contributed by atoms with van der Waals surface area (Å²) in [5.41, 5.74) is 0. The van der Waals surface area contributed by atoms with Gasteiger partial charge < -0.3 is 4.74 Å². The molecule has 0 aliphatic carbocycles. The first-order chi connectivity index (χ1) is 3.29. The van der Waals surface area contributed by atoms with Crippen molar-refractivity contribution in [3.05, 3.63) is 0 Å². The highest BCUT2D eigenvalue weighted by molar-refractivity contribution is 7.99. The molecule has 7 heavy (non-hydrogen) atoms. The normalized spacial score (nSPS) is 28.7. The molecule has 0 bridgehead atoms. The zero-order chi connectivity index (χ0) is 5.28. The van der Waals surface area contributed by atoms with E-state index < -0.39 is 0 Å². The summed E-state index contributed by atoms with van der Waals surface area (Å²) in [6, 6.07) is 0. The second-order valence-electron chi connectivity index (χ2n) is 1.67. The summed E-state index contributed by atoms with van der Waals surface area (Å²) in [4.78, 5) is 0. The average Bonchev–Trinajstić information content (AvgIpc) is 2.17. The lowest BCUT2D eigenvalue weighted by atomic mass is 10.4. The molecule has 3 heteroatoms. The zero-order valence-corrected chi connectivity index (χ0v) is 5.66. The number of hydrogen-bond donors (Lipinski definition) is 2. The van der Waals surface area contributed by atoms with Crippen LogP contribution in [0.5, 0.6) is 0 Å². The largest absolute Gasteiger partial charge is 0.373 e. The fraction of sp³-hybridized carbons (Fsp3) is 1.00. The minimum atomic E-state index is 0.201. The van der Waals surface area contributed by atoms with Crippen LogP contribution in [-0.4, -0.2) is 17.3 Å². The maximum Gasteiger partial charge on any atom is 0.0828 e. The molecule has 1 atom stereocenters. The summed E-state index contributed by atoms with van der Waals surface area (Å²) >= 11 is 8.12. The van der Waals surface area contributed by atoms with Crippen LogP contribution in [0.4, 0.5) is 0 Å². The first kappa shape index (κ1) is 5.79. The Kier molecular flexibility index (Phi) is 1.89. The Bertz CT molecular complexity index is 60.7. The first-order valence-electron chi connectivity index (χ1n) is 2.27. The molecule has 1 fully saturated rings. The van der Waals surface area contributed by atoms with E-state index in [-0.39, 0.29) is 4.58 Å². The molecule has 0 radical (unpaired) electrons. The van der Waals surface area contributed by atoms with Crippen molar-refractivity contribution in [1.82, 2.24) is 0 Å². The van der Waals surface area contributed by atoms with Gasteiger partial charge in [-0.15, -0.1) is 0 Å². The predicted octanol–water partition coefficient (Wildman–Crippen LogP) is 0.961. The molecule has 0 spiro atoms. The van der Waals surface area contributed by atoms with Gasteiger partial charge in [-0.25, -0.2) is 0 Å². The lowest BCUT2D eigenvalue weighted by Crippen LogP contribution is -1.92. The van der Waals surface area contributed by atoms with Crippen molar-refractivity contribution in [2.75, 3.05) is 6.61 Å². The molecule has 0 aromatic heterocycles. The second kappa shape index (κ2) is 2.29. The van der Waals surface area contributed by atoms with Crippen LogP contribution in [-0.2, 0) is 4.74 Å². The van der Waals surface area contributed by atoms with Gasteiger partial charge in [-0.05, 0) is 6.42 Å². The van der Waals surface area contributed by atoms with Gasteiger partial charge in [-0.1, -0.05) is 0 Å². The number of epoxide rings is 1. The average molecular weight is 136 g/mol. The molecule has 1 saturated heterocycles. The van der Waals surface area contributed by atoms with Gasteiger partial charge in [0.2, 0.25) is 0 Å². The molecular weight excluding hydrogens is 128 g/mol. The Hall–Kier alpha value is 0.660. The Balaban J connectivity index is 1.97. The van der Waals surface area contributed by atoms with Crippen LogP contribution in [0.1, 0.15) is 6.42 Å². The summed E-state index contributed by atoms with van der Waals surface area (Å²) in [6.07, 6.45) is 1.45. The summed E-state index contributed by atoms with van der Waals surface area (Å²) in [5, 5.41) is 0. The van der Waals surface area contributed by atoms with Gasteiger partial charge in [-0.3, -0.25) is 0 Å². The maximum atomic E-state index is 4.92. The monoisotopic (exact) mass is 136 g/mol. The highest BCUT2D eigenvalue weighted by Crippen LogP contribution is 2.19. The van der Waals surface area contributed by atoms with Crippen LogP contribution >= 0.6 is 25.3 Å². The van der Waals surface area contributed by atoms with Gasteiger partial charge in [0.1, 0.15) is 0 Å². The van der Waals surface area contributed by atoms with E-state index in [9.17, 15) is 0 Å². The molecule has 42 valence electrons. The predicted molar refractivity (Wildman–Crippen MR) is 36.1 cm³/mol. The van der Waals surface area contributed by atoms with Crippen LogP contribution < -0.4 is 0 Å². The van der Waals surface area contributed by atoms with Crippen LogP contribution in [0.15, 0.2) is 0 Å². The lowest BCUT2D eigenvalue weighted by molar-refractivity contribution is 0.403. The van der Waals surface area contributed by atoms with Crippen LogP contribution in [0.25, 0.3) is 0 Å². The molecule has 0 aromatic rings. The summed E-state index contributed by atoms with van der Waals surface area (Å²) in [5.74, 6) is 0. The third-order valence-electron chi connectivity index (χ3n) is 0.876. The van der Waals surface area contributed by atoms with E-state index in [4.69, 9.17) is 4.74 Å². The second-order valence-corrected chi connectivity index (χ2v) is 3.33. The standard InChI is InChI=1S/C4H8OS2/c6-4(7)1-3-2-5-3/h3-4,6-7H,1-2H2. The quantitative estimate of drug-likeness (QED) is 0.327. The molecule has 0 saturated carbocycles. The molecular formula is C4H8OS2. The third kappa shape index (κ3) is 2.46. The fourth-order valence-electron chi connectivity index (χ4n) is 0.439. The molecule has 1 aliphatic heterocycles.